The number of nitrogens with zero attached hydrogens (tertiary/aromatic N) is 1. The Labute approximate surface area is 120 Å². The van der Waals surface area contributed by atoms with Crippen LogP contribution < -0.4 is 10.6 Å². The van der Waals surface area contributed by atoms with Gasteiger partial charge in [-0.1, -0.05) is 6.07 Å². The summed E-state index contributed by atoms with van der Waals surface area (Å²) in [5.74, 6) is -1.66. The number of carbonyl (C=O) groups is 3. The molecule has 3 amide bonds. The standard InChI is InChI=1S/C12H17N3O4S/c1-2-15(8-9-4-3-5-20-9)12(19)14-6-10(16)13-7-11(17)18/h3-5H,2,6-8H2,1H3,(H,13,16)(H,14,19)(H,17,18). The smallest absolute Gasteiger partial charge is 0.322 e. The topological polar surface area (TPSA) is 98.7 Å². The molecule has 0 aliphatic rings. The molecule has 0 aliphatic heterocycles. The molecule has 0 bridgehead atoms. The van der Waals surface area contributed by atoms with Crippen LogP contribution in [-0.2, 0) is 16.1 Å². The molecule has 0 fully saturated rings. The number of rotatable bonds is 7. The second kappa shape index (κ2) is 8.16. The Balaban J connectivity index is 2.36. The summed E-state index contributed by atoms with van der Waals surface area (Å²) in [6, 6.07) is 3.48. The maximum atomic E-state index is 11.9. The number of amides is 3. The van der Waals surface area contributed by atoms with Crippen molar-refractivity contribution in [3.8, 4) is 0 Å². The Morgan fingerprint density at radius 3 is 2.60 bits per heavy atom. The summed E-state index contributed by atoms with van der Waals surface area (Å²) >= 11 is 1.55. The molecule has 0 saturated carbocycles. The summed E-state index contributed by atoms with van der Waals surface area (Å²) in [7, 11) is 0. The van der Waals surface area contributed by atoms with E-state index in [2.05, 4.69) is 10.6 Å². The van der Waals surface area contributed by atoms with E-state index in [1.165, 1.54) is 0 Å². The summed E-state index contributed by atoms with van der Waals surface area (Å²) in [5, 5.41) is 15.0. The van der Waals surface area contributed by atoms with Gasteiger partial charge in [-0.15, -0.1) is 11.3 Å². The molecule has 8 heteroatoms. The Morgan fingerprint density at radius 1 is 1.30 bits per heavy atom. The average molecular weight is 299 g/mol. The average Bonchev–Trinajstić information content (AvgIpc) is 2.92. The minimum Gasteiger partial charge on any atom is -0.480 e. The van der Waals surface area contributed by atoms with Gasteiger partial charge in [0.2, 0.25) is 5.91 Å². The summed E-state index contributed by atoms with van der Waals surface area (Å²) < 4.78 is 0. The number of carbonyl (C=O) groups excluding carboxylic acids is 2. The minimum atomic E-state index is -1.13. The molecule has 1 rings (SSSR count). The van der Waals surface area contributed by atoms with Gasteiger partial charge in [0.05, 0.1) is 13.1 Å². The van der Waals surface area contributed by atoms with E-state index in [-0.39, 0.29) is 12.6 Å². The fourth-order valence-electron chi connectivity index (χ4n) is 1.42. The minimum absolute atomic E-state index is 0.243. The zero-order valence-electron chi connectivity index (χ0n) is 11.1. The van der Waals surface area contributed by atoms with Gasteiger partial charge in [-0.3, -0.25) is 9.59 Å². The molecule has 3 N–H and O–H groups in total. The second-order valence-electron chi connectivity index (χ2n) is 3.92. The van der Waals surface area contributed by atoms with Crippen molar-refractivity contribution in [3.63, 3.8) is 0 Å². The van der Waals surface area contributed by atoms with Gasteiger partial charge in [-0.2, -0.15) is 0 Å². The molecule has 1 aromatic rings. The summed E-state index contributed by atoms with van der Waals surface area (Å²) in [4.78, 5) is 36.0. The first-order valence-corrected chi connectivity index (χ1v) is 6.94. The molecular weight excluding hydrogens is 282 g/mol. The van der Waals surface area contributed by atoms with E-state index >= 15 is 0 Å². The number of aliphatic carboxylic acids is 1. The fourth-order valence-corrected chi connectivity index (χ4v) is 2.14. The van der Waals surface area contributed by atoms with Crippen molar-refractivity contribution in [2.45, 2.75) is 13.5 Å². The number of hydrogen-bond donors (Lipinski definition) is 3. The van der Waals surface area contributed by atoms with Gasteiger partial charge in [0, 0.05) is 11.4 Å². The zero-order chi connectivity index (χ0) is 15.0. The fraction of sp³-hybridized carbons (Fsp3) is 0.417. The van der Waals surface area contributed by atoms with Crippen LogP contribution in [0, 0.1) is 0 Å². The molecule has 0 radical (unpaired) electrons. The van der Waals surface area contributed by atoms with Crippen LogP contribution in [0.15, 0.2) is 17.5 Å². The molecule has 0 aromatic carbocycles. The van der Waals surface area contributed by atoms with Crippen molar-refractivity contribution in [2.75, 3.05) is 19.6 Å². The van der Waals surface area contributed by atoms with Crippen LogP contribution in [0.1, 0.15) is 11.8 Å². The molecule has 0 saturated heterocycles. The lowest BCUT2D eigenvalue weighted by atomic mass is 10.4. The van der Waals surface area contributed by atoms with Crippen molar-refractivity contribution < 1.29 is 19.5 Å². The van der Waals surface area contributed by atoms with Gasteiger partial charge < -0.3 is 20.6 Å². The maximum Gasteiger partial charge on any atom is 0.322 e. The lowest BCUT2D eigenvalue weighted by Crippen LogP contribution is -2.44. The number of nitrogens with one attached hydrogen (secondary N) is 2. The Kier molecular flexibility index (Phi) is 6.51. The van der Waals surface area contributed by atoms with Gasteiger partial charge >= 0.3 is 12.0 Å². The maximum absolute atomic E-state index is 11.9. The third kappa shape index (κ3) is 5.70. The highest BCUT2D eigenvalue weighted by Crippen LogP contribution is 2.11. The van der Waals surface area contributed by atoms with Gasteiger partial charge in [0.1, 0.15) is 6.54 Å². The lowest BCUT2D eigenvalue weighted by Gasteiger charge is -2.20. The molecule has 7 nitrogen and oxygen atoms in total. The molecule has 0 spiro atoms. The molecule has 20 heavy (non-hydrogen) atoms. The van der Waals surface area contributed by atoms with Gasteiger partial charge in [-0.05, 0) is 18.4 Å². The highest BCUT2D eigenvalue weighted by atomic mass is 32.1. The van der Waals surface area contributed by atoms with Gasteiger partial charge in [0.15, 0.2) is 0 Å². The van der Waals surface area contributed by atoms with E-state index in [9.17, 15) is 14.4 Å². The molecule has 1 heterocycles. The molecular formula is C12H17N3O4S. The Bertz CT molecular complexity index is 461. The first-order valence-electron chi connectivity index (χ1n) is 6.06. The van der Waals surface area contributed by atoms with Gasteiger partial charge in [-0.25, -0.2) is 4.79 Å². The van der Waals surface area contributed by atoms with Crippen LogP contribution in [0.25, 0.3) is 0 Å². The Morgan fingerprint density at radius 2 is 2.05 bits per heavy atom. The largest absolute Gasteiger partial charge is 0.480 e. The predicted molar refractivity (Wildman–Crippen MR) is 74.4 cm³/mol. The van der Waals surface area contributed by atoms with Crippen molar-refractivity contribution >= 4 is 29.2 Å². The number of carboxylic acids is 1. The number of urea groups is 1. The SMILES string of the molecule is CCN(Cc1cccs1)C(=O)NCC(=O)NCC(=O)O. The summed E-state index contributed by atoms with van der Waals surface area (Å²) in [6.07, 6.45) is 0. The van der Waals surface area contributed by atoms with Crippen LogP contribution in [0.4, 0.5) is 4.79 Å². The monoisotopic (exact) mass is 299 g/mol. The van der Waals surface area contributed by atoms with Crippen LogP contribution in [0.2, 0.25) is 0 Å². The van der Waals surface area contributed by atoms with E-state index in [0.29, 0.717) is 13.1 Å². The summed E-state index contributed by atoms with van der Waals surface area (Å²) in [5.41, 5.74) is 0. The second-order valence-corrected chi connectivity index (χ2v) is 4.95. The summed E-state index contributed by atoms with van der Waals surface area (Å²) in [6.45, 7) is 2.14. The number of thiophene rings is 1. The normalized spacial score (nSPS) is 9.85. The van der Waals surface area contributed by atoms with Crippen molar-refractivity contribution in [3.05, 3.63) is 22.4 Å². The molecule has 0 atom stereocenters. The molecule has 110 valence electrons. The highest BCUT2D eigenvalue weighted by Gasteiger charge is 2.13. The zero-order valence-corrected chi connectivity index (χ0v) is 11.9. The highest BCUT2D eigenvalue weighted by molar-refractivity contribution is 7.09. The number of hydrogen-bond acceptors (Lipinski definition) is 4. The third-order valence-electron chi connectivity index (χ3n) is 2.43. The van der Waals surface area contributed by atoms with E-state index < -0.39 is 18.4 Å². The van der Waals surface area contributed by atoms with Crippen molar-refractivity contribution in [1.29, 1.82) is 0 Å². The van der Waals surface area contributed by atoms with Crippen molar-refractivity contribution in [2.24, 2.45) is 0 Å². The van der Waals surface area contributed by atoms with Crippen molar-refractivity contribution in [1.82, 2.24) is 15.5 Å². The van der Waals surface area contributed by atoms with Crippen LogP contribution >= 0.6 is 11.3 Å². The predicted octanol–water partition coefficient (Wildman–Crippen LogP) is 0.480. The first kappa shape index (κ1) is 16.0. The van der Waals surface area contributed by atoms with E-state index in [0.717, 1.165) is 4.88 Å². The quantitative estimate of drug-likeness (QED) is 0.682. The van der Waals surface area contributed by atoms with Crippen LogP contribution in [0.3, 0.4) is 0 Å². The first-order chi connectivity index (χ1) is 9.52. The third-order valence-corrected chi connectivity index (χ3v) is 3.29. The Hall–Kier alpha value is -2.09. The van der Waals surface area contributed by atoms with Crippen LogP contribution in [-0.4, -0.2) is 47.5 Å². The molecule has 0 aliphatic carbocycles. The van der Waals surface area contributed by atoms with Gasteiger partial charge in [0.25, 0.3) is 0 Å². The molecule has 1 aromatic heterocycles. The van der Waals surface area contributed by atoms with E-state index in [4.69, 9.17) is 5.11 Å². The number of carboxylic acid groups (broad SMARTS) is 1. The lowest BCUT2D eigenvalue weighted by molar-refractivity contribution is -0.137. The van der Waals surface area contributed by atoms with E-state index in [1.54, 1.807) is 16.2 Å². The van der Waals surface area contributed by atoms with Crippen LogP contribution in [0.5, 0.6) is 0 Å². The van der Waals surface area contributed by atoms with E-state index in [1.807, 2.05) is 24.4 Å². The molecule has 0 unspecified atom stereocenters.